The number of hydrogen-bond acceptors (Lipinski definition) is 3. The van der Waals surface area contributed by atoms with Gasteiger partial charge in [0.05, 0.1) is 6.10 Å². The van der Waals surface area contributed by atoms with Gasteiger partial charge in [-0.3, -0.25) is 4.90 Å². The van der Waals surface area contributed by atoms with Crippen molar-refractivity contribution in [2.45, 2.75) is 32.4 Å². The van der Waals surface area contributed by atoms with Crippen LogP contribution in [0, 0.1) is 5.92 Å². The number of nitrogens with zero attached hydrogens (tertiary/aromatic N) is 1. The molecule has 0 bridgehead atoms. The van der Waals surface area contributed by atoms with E-state index in [4.69, 9.17) is 5.73 Å². The summed E-state index contributed by atoms with van der Waals surface area (Å²) in [6.45, 7) is 5.10. The smallest absolute Gasteiger partial charge is 0.0578 e. The highest BCUT2D eigenvalue weighted by Crippen LogP contribution is 2.19. The van der Waals surface area contributed by atoms with Crippen molar-refractivity contribution in [1.29, 1.82) is 0 Å². The Labute approximate surface area is 103 Å². The number of anilines is 1. The highest BCUT2D eigenvalue weighted by Gasteiger charge is 2.21. The van der Waals surface area contributed by atoms with Gasteiger partial charge in [-0.2, -0.15) is 0 Å². The van der Waals surface area contributed by atoms with Crippen molar-refractivity contribution in [2.75, 3.05) is 18.8 Å². The van der Waals surface area contributed by atoms with E-state index in [2.05, 4.69) is 17.9 Å². The second-order valence-electron chi connectivity index (χ2n) is 5.14. The van der Waals surface area contributed by atoms with Gasteiger partial charge in [0.15, 0.2) is 0 Å². The van der Waals surface area contributed by atoms with Gasteiger partial charge in [-0.1, -0.05) is 19.1 Å². The summed E-state index contributed by atoms with van der Waals surface area (Å²) in [5.41, 5.74) is 7.86. The molecule has 1 aliphatic heterocycles. The number of aliphatic hydroxyl groups is 1. The number of benzene rings is 1. The molecule has 0 saturated carbocycles. The van der Waals surface area contributed by atoms with Crippen LogP contribution in [0.15, 0.2) is 24.3 Å². The first-order chi connectivity index (χ1) is 8.15. The summed E-state index contributed by atoms with van der Waals surface area (Å²) in [4.78, 5) is 2.40. The Hall–Kier alpha value is -1.06. The van der Waals surface area contributed by atoms with E-state index < -0.39 is 0 Å². The Bertz CT molecular complexity index is 355. The Balaban J connectivity index is 1.95. The number of nitrogen functional groups attached to an aromatic ring is 1. The maximum atomic E-state index is 9.84. The molecule has 3 nitrogen and oxygen atoms in total. The second-order valence-corrected chi connectivity index (χ2v) is 5.14. The zero-order valence-electron chi connectivity index (χ0n) is 10.5. The fourth-order valence-corrected chi connectivity index (χ4v) is 2.40. The van der Waals surface area contributed by atoms with E-state index in [0.717, 1.165) is 38.2 Å². The molecule has 0 radical (unpaired) electrons. The average molecular weight is 234 g/mol. The molecular weight excluding hydrogens is 212 g/mol. The molecule has 0 aliphatic carbocycles. The Kier molecular flexibility index (Phi) is 4.02. The molecule has 3 N–H and O–H groups in total. The average Bonchev–Trinajstić information content (AvgIpc) is 2.45. The molecule has 0 spiro atoms. The molecule has 2 rings (SSSR count). The molecule has 2 unspecified atom stereocenters. The molecule has 1 aromatic carbocycles. The van der Waals surface area contributed by atoms with Crippen molar-refractivity contribution in [3.05, 3.63) is 29.8 Å². The molecule has 1 heterocycles. The van der Waals surface area contributed by atoms with Crippen molar-refractivity contribution >= 4 is 5.69 Å². The summed E-state index contributed by atoms with van der Waals surface area (Å²) in [5.74, 6) is 0.417. The fourth-order valence-electron chi connectivity index (χ4n) is 2.40. The molecule has 2 atom stereocenters. The number of rotatable bonds is 2. The molecular formula is C14H22N2O. The second kappa shape index (κ2) is 5.52. The standard InChI is InChI=1S/C14H22N2O/c1-11-5-7-16(8-6-14(11)17)10-12-3-2-4-13(15)9-12/h2-4,9,11,14,17H,5-8,10,15H2,1H3. The van der Waals surface area contributed by atoms with Gasteiger partial charge in [-0.05, 0) is 43.0 Å². The van der Waals surface area contributed by atoms with Crippen molar-refractivity contribution in [3.63, 3.8) is 0 Å². The first kappa shape index (κ1) is 12.4. The van der Waals surface area contributed by atoms with Crippen LogP contribution >= 0.6 is 0 Å². The van der Waals surface area contributed by atoms with E-state index in [9.17, 15) is 5.11 Å². The summed E-state index contributed by atoms with van der Waals surface area (Å²) >= 11 is 0. The summed E-state index contributed by atoms with van der Waals surface area (Å²) in [7, 11) is 0. The minimum absolute atomic E-state index is 0.138. The molecule has 3 heteroatoms. The Morgan fingerprint density at radius 2 is 2.12 bits per heavy atom. The van der Waals surface area contributed by atoms with Crippen LogP contribution < -0.4 is 5.73 Å². The van der Waals surface area contributed by atoms with Crippen molar-refractivity contribution in [3.8, 4) is 0 Å². The summed E-state index contributed by atoms with van der Waals surface area (Å²) in [6, 6.07) is 8.06. The number of hydrogen-bond donors (Lipinski definition) is 2. The number of nitrogens with two attached hydrogens (primary N) is 1. The molecule has 17 heavy (non-hydrogen) atoms. The van der Waals surface area contributed by atoms with Gasteiger partial charge in [-0.25, -0.2) is 0 Å². The third-order valence-corrected chi connectivity index (χ3v) is 3.66. The summed E-state index contributed by atoms with van der Waals surface area (Å²) in [5, 5.41) is 9.84. The van der Waals surface area contributed by atoms with E-state index in [-0.39, 0.29) is 6.10 Å². The lowest BCUT2D eigenvalue weighted by molar-refractivity contribution is 0.112. The monoisotopic (exact) mass is 234 g/mol. The molecule has 0 aromatic heterocycles. The van der Waals surface area contributed by atoms with Crippen LogP contribution in [-0.4, -0.2) is 29.2 Å². The van der Waals surface area contributed by atoms with Gasteiger partial charge in [0, 0.05) is 18.8 Å². The van der Waals surface area contributed by atoms with E-state index in [1.54, 1.807) is 0 Å². The van der Waals surface area contributed by atoms with Crippen LogP contribution in [0.1, 0.15) is 25.3 Å². The molecule has 94 valence electrons. The zero-order valence-corrected chi connectivity index (χ0v) is 10.5. The van der Waals surface area contributed by atoms with Crippen molar-refractivity contribution in [1.82, 2.24) is 4.90 Å². The minimum Gasteiger partial charge on any atom is -0.399 e. The van der Waals surface area contributed by atoms with Crippen LogP contribution in [-0.2, 0) is 6.54 Å². The van der Waals surface area contributed by atoms with Crippen LogP contribution in [0.2, 0.25) is 0 Å². The first-order valence-corrected chi connectivity index (χ1v) is 6.40. The minimum atomic E-state index is -0.138. The van der Waals surface area contributed by atoms with Crippen LogP contribution in [0.4, 0.5) is 5.69 Å². The van der Waals surface area contributed by atoms with E-state index in [0.29, 0.717) is 5.92 Å². The molecule has 1 fully saturated rings. The maximum Gasteiger partial charge on any atom is 0.0578 e. The molecule has 1 aliphatic rings. The van der Waals surface area contributed by atoms with Gasteiger partial charge in [0.2, 0.25) is 0 Å². The highest BCUT2D eigenvalue weighted by molar-refractivity contribution is 5.40. The Morgan fingerprint density at radius 1 is 1.35 bits per heavy atom. The number of aliphatic hydroxyl groups excluding tert-OH is 1. The predicted octanol–water partition coefficient (Wildman–Crippen LogP) is 1.86. The van der Waals surface area contributed by atoms with E-state index >= 15 is 0 Å². The molecule has 1 saturated heterocycles. The van der Waals surface area contributed by atoms with Crippen LogP contribution in [0.5, 0.6) is 0 Å². The maximum absolute atomic E-state index is 9.84. The third kappa shape index (κ3) is 3.45. The normalized spacial score (nSPS) is 26.7. The summed E-state index contributed by atoms with van der Waals surface area (Å²) in [6.07, 6.45) is 1.81. The van der Waals surface area contributed by atoms with Crippen molar-refractivity contribution in [2.24, 2.45) is 5.92 Å². The largest absolute Gasteiger partial charge is 0.399 e. The highest BCUT2D eigenvalue weighted by atomic mass is 16.3. The fraction of sp³-hybridized carbons (Fsp3) is 0.571. The van der Waals surface area contributed by atoms with E-state index in [1.165, 1.54) is 5.56 Å². The predicted molar refractivity (Wildman–Crippen MR) is 70.5 cm³/mol. The van der Waals surface area contributed by atoms with Gasteiger partial charge in [0.25, 0.3) is 0 Å². The number of likely N-dealkylation sites (tertiary alicyclic amines) is 1. The van der Waals surface area contributed by atoms with Gasteiger partial charge >= 0.3 is 0 Å². The van der Waals surface area contributed by atoms with Gasteiger partial charge in [-0.15, -0.1) is 0 Å². The topological polar surface area (TPSA) is 49.5 Å². The first-order valence-electron chi connectivity index (χ1n) is 6.40. The lowest BCUT2D eigenvalue weighted by Gasteiger charge is -2.20. The molecule has 0 amide bonds. The third-order valence-electron chi connectivity index (χ3n) is 3.66. The lowest BCUT2D eigenvalue weighted by Crippen LogP contribution is -2.24. The van der Waals surface area contributed by atoms with Crippen LogP contribution in [0.3, 0.4) is 0 Å². The molecule has 1 aromatic rings. The van der Waals surface area contributed by atoms with Gasteiger partial charge < -0.3 is 10.8 Å². The lowest BCUT2D eigenvalue weighted by atomic mass is 10.0. The zero-order chi connectivity index (χ0) is 12.3. The van der Waals surface area contributed by atoms with Crippen molar-refractivity contribution < 1.29 is 5.11 Å². The quantitative estimate of drug-likeness (QED) is 0.768. The van der Waals surface area contributed by atoms with Gasteiger partial charge in [0.1, 0.15) is 0 Å². The SMILES string of the molecule is CC1CCN(Cc2cccc(N)c2)CCC1O. The van der Waals surface area contributed by atoms with E-state index in [1.807, 2.05) is 18.2 Å². The Morgan fingerprint density at radius 3 is 2.88 bits per heavy atom. The summed E-state index contributed by atoms with van der Waals surface area (Å²) < 4.78 is 0. The van der Waals surface area contributed by atoms with Crippen LogP contribution in [0.25, 0.3) is 0 Å².